The van der Waals surface area contributed by atoms with Crippen molar-refractivity contribution in [2.24, 2.45) is 0 Å². The van der Waals surface area contributed by atoms with Gasteiger partial charge in [-0.3, -0.25) is 9.54 Å². The normalized spacial score (nSPS) is 15.4. The third-order valence-electron chi connectivity index (χ3n) is 3.76. The van der Waals surface area contributed by atoms with Crippen LogP contribution in [0.5, 0.6) is 11.5 Å². The Kier molecular flexibility index (Phi) is 5.94. The van der Waals surface area contributed by atoms with E-state index in [1.54, 1.807) is 36.5 Å². The third-order valence-corrected chi connectivity index (χ3v) is 5.31. The van der Waals surface area contributed by atoms with Crippen molar-refractivity contribution in [1.82, 2.24) is 4.98 Å². The lowest BCUT2D eigenvalue weighted by Crippen LogP contribution is -2.43. The van der Waals surface area contributed by atoms with E-state index in [-0.39, 0.29) is 11.1 Å². The van der Waals surface area contributed by atoms with Crippen LogP contribution in [0.3, 0.4) is 0 Å². The van der Waals surface area contributed by atoms with Crippen molar-refractivity contribution >= 4 is 27.1 Å². The number of fused-ring (bicyclic) bond motifs is 1. The number of ether oxygens (including phenoxy) is 2. The maximum absolute atomic E-state index is 11.2. The van der Waals surface area contributed by atoms with Crippen LogP contribution in [-0.2, 0) is 10.1 Å². The molecule has 3 heterocycles. The highest BCUT2D eigenvalue weighted by molar-refractivity contribution is 7.85. The first kappa shape index (κ1) is 19.2. The van der Waals surface area contributed by atoms with E-state index in [0.717, 1.165) is 5.75 Å². The maximum Gasteiger partial charge on any atom is 0.294 e. The van der Waals surface area contributed by atoms with Gasteiger partial charge in [0.2, 0.25) is 6.23 Å². The van der Waals surface area contributed by atoms with Crippen molar-refractivity contribution in [2.75, 3.05) is 18.6 Å². The summed E-state index contributed by atoms with van der Waals surface area (Å²) < 4.78 is 42.9. The van der Waals surface area contributed by atoms with Gasteiger partial charge in [0, 0.05) is 35.9 Å². The summed E-state index contributed by atoms with van der Waals surface area (Å²) in [5.41, 5.74) is 0.609. The molecule has 1 aliphatic rings. The first-order valence-corrected chi connectivity index (χ1v) is 10.3. The highest BCUT2D eigenvalue weighted by Gasteiger charge is 2.26. The first-order chi connectivity index (χ1) is 12.9. The van der Waals surface area contributed by atoms with Crippen LogP contribution in [0.15, 0.2) is 70.5 Å². The van der Waals surface area contributed by atoms with Crippen molar-refractivity contribution in [3.63, 3.8) is 0 Å². The number of anilines is 1. The third kappa shape index (κ3) is 4.97. The van der Waals surface area contributed by atoms with Gasteiger partial charge in [-0.25, -0.2) is 0 Å². The average Bonchev–Trinajstić information content (AvgIpc) is 3.16. The quantitative estimate of drug-likeness (QED) is 0.668. The summed E-state index contributed by atoms with van der Waals surface area (Å²) in [4.78, 5) is 5.39. The molecule has 142 valence electrons. The molecule has 0 amide bonds. The molecular weight excluding hydrogens is 388 g/mol. The van der Waals surface area contributed by atoms with Gasteiger partial charge in [-0.15, -0.1) is 11.3 Å². The first-order valence-electron chi connectivity index (χ1n) is 7.96. The lowest BCUT2D eigenvalue weighted by Gasteiger charge is -2.33. The minimum absolute atomic E-state index is 0.153. The van der Waals surface area contributed by atoms with E-state index < -0.39 is 10.1 Å². The van der Waals surface area contributed by atoms with Crippen LogP contribution >= 0.6 is 11.3 Å². The van der Waals surface area contributed by atoms with Crippen molar-refractivity contribution in [1.29, 1.82) is 0 Å². The molecule has 7 nitrogen and oxygen atoms in total. The molecule has 2 aromatic heterocycles. The molecule has 0 bridgehead atoms. The molecule has 0 spiro atoms. The number of hydrogen-bond acceptors (Lipinski definition) is 7. The summed E-state index contributed by atoms with van der Waals surface area (Å²) in [6, 6.07) is 11.7. The van der Waals surface area contributed by atoms with Crippen LogP contribution in [0.25, 0.3) is 0 Å². The van der Waals surface area contributed by atoms with Gasteiger partial charge in [0.25, 0.3) is 10.1 Å². The molecule has 1 unspecified atom stereocenters. The molecule has 1 N–H and O–H groups in total. The molecule has 0 aliphatic carbocycles. The van der Waals surface area contributed by atoms with E-state index in [0.29, 0.717) is 18.0 Å². The van der Waals surface area contributed by atoms with E-state index >= 15 is 0 Å². The maximum atomic E-state index is 11.2. The van der Waals surface area contributed by atoms with Crippen LogP contribution in [-0.4, -0.2) is 37.8 Å². The highest BCUT2D eigenvalue weighted by atomic mass is 32.2. The zero-order valence-electron chi connectivity index (χ0n) is 14.4. The van der Waals surface area contributed by atoms with Crippen LogP contribution in [0.2, 0.25) is 0 Å². The Morgan fingerprint density at radius 2 is 1.89 bits per heavy atom. The molecule has 1 atom stereocenters. The Morgan fingerprint density at radius 3 is 2.52 bits per heavy atom. The molecule has 27 heavy (non-hydrogen) atoms. The predicted molar refractivity (Wildman–Crippen MR) is 103 cm³/mol. The minimum Gasteiger partial charge on any atom is -0.483 e. The van der Waals surface area contributed by atoms with Gasteiger partial charge in [0.15, 0.2) is 11.5 Å². The average molecular weight is 406 g/mol. The zero-order valence-corrected chi connectivity index (χ0v) is 16.1. The molecule has 4 rings (SSSR count). The second-order valence-electron chi connectivity index (χ2n) is 5.59. The molecular formula is C18H18N2O5S2. The number of benzene rings is 1. The largest absolute Gasteiger partial charge is 0.483 e. The molecule has 0 saturated carbocycles. The number of likely N-dealkylation sites (N-methyl/N-ethyl adjacent to an activating group) is 1. The fourth-order valence-electron chi connectivity index (χ4n) is 2.34. The van der Waals surface area contributed by atoms with Gasteiger partial charge in [0.1, 0.15) is 6.61 Å². The summed E-state index contributed by atoms with van der Waals surface area (Å²) >= 11 is 1.49. The summed E-state index contributed by atoms with van der Waals surface area (Å²) in [5.74, 6) is 1.39. The number of thiophene rings is 1. The van der Waals surface area contributed by atoms with Crippen molar-refractivity contribution in [3.8, 4) is 11.5 Å². The standard InChI is InChI=1S/C13H13NO5S2.C5H5N/c1-14(9-3-2-4-10(5-9)21(15,16)17)13-6-18-11-7-20-8-12(11)19-13;1-2-4-6-5-3-1/h2-5,7-8,13H,6H2,1H3,(H,15,16,17);1-5H. The number of aromatic nitrogens is 1. The Balaban J connectivity index is 0.000000299. The molecule has 0 fully saturated rings. The molecule has 3 aromatic rings. The topological polar surface area (TPSA) is 89.0 Å². The van der Waals surface area contributed by atoms with Crippen LogP contribution in [0.1, 0.15) is 0 Å². The Labute approximate surface area is 161 Å². The van der Waals surface area contributed by atoms with Crippen LogP contribution < -0.4 is 14.4 Å². The van der Waals surface area contributed by atoms with Gasteiger partial charge < -0.3 is 14.4 Å². The van der Waals surface area contributed by atoms with E-state index in [4.69, 9.17) is 14.0 Å². The molecule has 0 saturated heterocycles. The van der Waals surface area contributed by atoms with Crippen LogP contribution in [0, 0.1) is 0 Å². The highest BCUT2D eigenvalue weighted by Crippen LogP contribution is 2.36. The second kappa shape index (κ2) is 8.38. The van der Waals surface area contributed by atoms with E-state index in [9.17, 15) is 8.42 Å². The van der Waals surface area contributed by atoms with Crippen LogP contribution in [0.4, 0.5) is 5.69 Å². The summed E-state index contributed by atoms with van der Waals surface area (Å²) in [5, 5.41) is 3.72. The Bertz CT molecular complexity index is 949. The fraction of sp³-hybridized carbons (Fsp3) is 0.167. The number of hydrogen-bond donors (Lipinski definition) is 1. The van der Waals surface area contributed by atoms with E-state index in [2.05, 4.69) is 4.98 Å². The summed E-state index contributed by atoms with van der Waals surface area (Å²) in [6.45, 7) is 0.330. The Hall–Kier alpha value is -2.62. The van der Waals surface area contributed by atoms with E-state index in [1.807, 2.05) is 29.0 Å². The van der Waals surface area contributed by atoms with Crippen molar-refractivity contribution < 1.29 is 22.4 Å². The summed E-state index contributed by atoms with van der Waals surface area (Å²) in [6.07, 6.45) is 3.13. The number of nitrogens with zero attached hydrogens (tertiary/aromatic N) is 2. The predicted octanol–water partition coefficient (Wildman–Crippen LogP) is 3.31. The van der Waals surface area contributed by atoms with E-state index in [1.165, 1.54) is 23.5 Å². The summed E-state index contributed by atoms with van der Waals surface area (Å²) in [7, 11) is -2.45. The SMILES string of the molecule is CN(c1cccc(S(=O)(=O)O)c1)C1COc2cscc2O1.c1ccncc1. The fourth-order valence-corrected chi connectivity index (χ4v) is 3.53. The minimum atomic E-state index is -4.23. The molecule has 9 heteroatoms. The van der Waals surface area contributed by atoms with Gasteiger partial charge in [0.05, 0.1) is 4.90 Å². The van der Waals surface area contributed by atoms with Crippen molar-refractivity contribution in [3.05, 3.63) is 65.6 Å². The zero-order chi connectivity index (χ0) is 19.3. The van der Waals surface area contributed by atoms with Gasteiger partial charge in [-0.05, 0) is 30.3 Å². The smallest absolute Gasteiger partial charge is 0.294 e. The van der Waals surface area contributed by atoms with Gasteiger partial charge >= 0.3 is 0 Å². The second-order valence-corrected chi connectivity index (χ2v) is 7.76. The van der Waals surface area contributed by atoms with Gasteiger partial charge in [-0.2, -0.15) is 8.42 Å². The monoisotopic (exact) mass is 406 g/mol. The molecule has 1 aromatic carbocycles. The van der Waals surface area contributed by atoms with Crippen molar-refractivity contribution in [2.45, 2.75) is 11.1 Å². The Morgan fingerprint density at radius 1 is 1.15 bits per heavy atom. The number of rotatable bonds is 3. The lowest BCUT2D eigenvalue weighted by atomic mass is 10.3. The lowest BCUT2D eigenvalue weighted by molar-refractivity contribution is 0.0930. The molecule has 0 radical (unpaired) electrons. The molecule has 1 aliphatic heterocycles. The number of pyridine rings is 1. The van der Waals surface area contributed by atoms with Gasteiger partial charge in [-0.1, -0.05) is 12.1 Å².